The highest BCUT2D eigenvalue weighted by atomic mass is 16.3. The number of aromatic nitrogens is 2. The number of fused-ring (bicyclic) bond motifs is 1. The van der Waals surface area contributed by atoms with Crippen molar-refractivity contribution in [3.8, 4) is 0 Å². The highest BCUT2D eigenvalue weighted by Gasteiger charge is 2.58. The summed E-state index contributed by atoms with van der Waals surface area (Å²) in [6.07, 6.45) is 7.91. The highest BCUT2D eigenvalue weighted by Crippen LogP contribution is 2.63. The van der Waals surface area contributed by atoms with Crippen molar-refractivity contribution in [1.82, 2.24) is 15.3 Å². The summed E-state index contributed by atoms with van der Waals surface area (Å²) in [5, 5.41) is 18.3. The molecule has 3 atom stereocenters. The standard InChI is InChI=1S/C20H30N4O/c1-12(19-6-14-5-15(7-19)9-20(25,8-14)11-19)22-18-16-3-4-21-10-17(16)23-13(2)24-18/h12,14-15,21,25H,3-11H2,1-2H3,(H,22,23,24)/t12-,14-,15-,19?,20?/m1/s1. The maximum atomic E-state index is 11.1. The molecule has 5 heteroatoms. The molecule has 5 aliphatic rings. The largest absolute Gasteiger partial charge is 0.390 e. The minimum absolute atomic E-state index is 0.234. The number of rotatable bonds is 3. The van der Waals surface area contributed by atoms with Crippen LogP contribution in [-0.2, 0) is 13.0 Å². The Labute approximate surface area is 150 Å². The van der Waals surface area contributed by atoms with Gasteiger partial charge in [-0.05, 0) is 82.6 Å². The summed E-state index contributed by atoms with van der Waals surface area (Å²) in [7, 11) is 0. The normalized spacial score (nSPS) is 40.0. The Bertz CT molecular complexity index is 689. The maximum absolute atomic E-state index is 11.1. The predicted octanol–water partition coefficient (Wildman–Crippen LogP) is 2.56. The molecular weight excluding hydrogens is 312 g/mol. The van der Waals surface area contributed by atoms with Crippen molar-refractivity contribution >= 4 is 5.82 Å². The van der Waals surface area contributed by atoms with Gasteiger partial charge in [-0.3, -0.25) is 0 Å². The van der Waals surface area contributed by atoms with E-state index in [1.807, 2.05) is 6.92 Å². The van der Waals surface area contributed by atoms with Crippen LogP contribution in [0.25, 0.3) is 0 Å². The third-order valence-electron chi connectivity index (χ3n) is 7.40. The summed E-state index contributed by atoms with van der Waals surface area (Å²) in [4.78, 5) is 9.39. The molecule has 1 aliphatic heterocycles. The first-order valence-electron chi connectivity index (χ1n) is 10.0. The van der Waals surface area contributed by atoms with E-state index in [-0.39, 0.29) is 5.41 Å². The zero-order valence-corrected chi connectivity index (χ0v) is 15.4. The van der Waals surface area contributed by atoms with E-state index >= 15 is 0 Å². The summed E-state index contributed by atoms with van der Waals surface area (Å²) in [5.74, 6) is 3.34. The second-order valence-corrected chi connectivity index (χ2v) is 9.39. The van der Waals surface area contributed by atoms with Crippen LogP contribution in [0.4, 0.5) is 5.82 Å². The van der Waals surface area contributed by atoms with E-state index in [9.17, 15) is 5.11 Å². The zero-order chi connectivity index (χ0) is 17.2. The molecule has 4 saturated carbocycles. The average molecular weight is 342 g/mol. The van der Waals surface area contributed by atoms with Gasteiger partial charge in [0, 0.05) is 18.2 Å². The van der Waals surface area contributed by atoms with Crippen LogP contribution in [0.1, 0.15) is 62.5 Å². The fourth-order valence-electron chi connectivity index (χ4n) is 6.75. The molecule has 0 amide bonds. The first-order valence-corrected chi connectivity index (χ1v) is 10.0. The molecule has 0 spiro atoms. The Balaban J connectivity index is 1.44. The molecule has 2 heterocycles. The molecule has 0 radical (unpaired) electrons. The number of nitrogens with zero attached hydrogens (tertiary/aromatic N) is 2. The van der Waals surface area contributed by atoms with Crippen molar-refractivity contribution in [1.29, 1.82) is 0 Å². The van der Waals surface area contributed by atoms with Gasteiger partial charge >= 0.3 is 0 Å². The second-order valence-electron chi connectivity index (χ2n) is 9.39. The number of nitrogens with one attached hydrogen (secondary N) is 2. The molecule has 4 aliphatic carbocycles. The van der Waals surface area contributed by atoms with Gasteiger partial charge in [-0.15, -0.1) is 0 Å². The van der Waals surface area contributed by atoms with E-state index in [0.29, 0.717) is 6.04 Å². The first kappa shape index (κ1) is 16.0. The van der Waals surface area contributed by atoms with Gasteiger partial charge in [0.25, 0.3) is 0 Å². The second kappa shape index (κ2) is 5.40. The minimum atomic E-state index is -0.398. The third kappa shape index (κ3) is 2.58. The van der Waals surface area contributed by atoms with Gasteiger partial charge < -0.3 is 15.7 Å². The van der Waals surface area contributed by atoms with Crippen LogP contribution in [0.3, 0.4) is 0 Å². The molecule has 0 saturated heterocycles. The lowest BCUT2D eigenvalue weighted by Crippen LogP contribution is -2.60. The summed E-state index contributed by atoms with van der Waals surface area (Å²) in [6, 6.07) is 0.346. The Morgan fingerprint density at radius 1 is 1.20 bits per heavy atom. The first-order chi connectivity index (χ1) is 11.9. The van der Waals surface area contributed by atoms with Crippen molar-refractivity contribution in [3.63, 3.8) is 0 Å². The van der Waals surface area contributed by atoms with Crippen LogP contribution in [0.15, 0.2) is 0 Å². The predicted molar refractivity (Wildman–Crippen MR) is 97.3 cm³/mol. The monoisotopic (exact) mass is 342 g/mol. The lowest BCUT2D eigenvalue weighted by atomic mass is 9.46. The Hall–Kier alpha value is -1.20. The summed E-state index contributed by atoms with van der Waals surface area (Å²) >= 11 is 0. The average Bonchev–Trinajstić information content (AvgIpc) is 2.52. The molecule has 0 unspecified atom stereocenters. The number of aliphatic hydroxyl groups is 1. The lowest BCUT2D eigenvalue weighted by Gasteiger charge is -2.62. The van der Waals surface area contributed by atoms with E-state index in [4.69, 9.17) is 4.98 Å². The SMILES string of the molecule is Cc1nc2c(c(N[C@H](C)C34C[C@H]5C[C@@H](CC(O)(C5)C3)C4)n1)CCNC2. The molecule has 0 aromatic carbocycles. The fourth-order valence-corrected chi connectivity index (χ4v) is 6.75. The van der Waals surface area contributed by atoms with Gasteiger partial charge in [0.2, 0.25) is 0 Å². The molecular formula is C20H30N4O. The van der Waals surface area contributed by atoms with Crippen LogP contribution in [0, 0.1) is 24.2 Å². The topological polar surface area (TPSA) is 70.1 Å². The number of anilines is 1. The number of hydrogen-bond acceptors (Lipinski definition) is 5. The Morgan fingerprint density at radius 3 is 2.68 bits per heavy atom. The number of hydrogen-bond donors (Lipinski definition) is 3. The minimum Gasteiger partial charge on any atom is -0.390 e. The zero-order valence-electron chi connectivity index (χ0n) is 15.4. The number of aryl methyl sites for hydroxylation is 1. The molecule has 25 heavy (non-hydrogen) atoms. The van der Waals surface area contributed by atoms with Crippen LogP contribution in [0.5, 0.6) is 0 Å². The van der Waals surface area contributed by atoms with Crippen LogP contribution in [0.2, 0.25) is 0 Å². The third-order valence-corrected chi connectivity index (χ3v) is 7.40. The maximum Gasteiger partial charge on any atom is 0.133 e. The summed E-state index contributed by atoms with van der Waals surface area (Å²) in [5.41, 5.74) is 2.28. The van der Waals surface area contributed by atoms with E-state index in [0.717, 1.165) is 67.9 Å². The molecule has 3 N–H and O–H groups in total. The van der Waals surface area contributed by atoms with Gasteiger partial charge in [-0.25, -0.2) is 9.97 Å². The van der Waals surface area contributed by atoms with Gasteiger partial charge in [0.15, 0.2) is 0 Å². The summed E-state index contributed by atoms with van der Waals surface area (Å²) < 4.78 is 0. The van der Waals surface area contributed by atoms with E-state index in [1.54, 1.807) is 0 Å². The van der Waals surface area contributed by atoms with Crippen molar-refractivity contribution < 1.29 is 5.11 Å². The van der Waals surface area contributed by atoms with Gasteiger partial charge in [0.05, 0.1) is 11.3 Å². The van der Waals surface area contributed by atoms with Crippen molar-refractivity contribution in [2.24, 2.45) is 17.3 Å². The van der Waals surface area contributed by atoms with Crippen LogP contribution >= 0.6 is 0 Å². The van der Waals surface area contributed by atoms with Gasteiger partial charge in [-0.1, -0.05) is 0 Å². The molecule has 5 nitrogen and oxygen atoms in total. The van der Waals surface area contributed by atoms with Crippen LogP contribution < -0.4 is 10.6 Å². The van der Waals surface area contributed by atoms with Crippen molar-refractivity contribution in [2.75, 3.05) is 11.9 Å². The van der Waals surface area contributed by atoms with E-state index < -0.39 is 5.60 Å². The molecule has 136 valence electrons. The Kier molecular flexibility index (Phi) is 3.46. The smallest absolute Gasteiger partial charge is 0.133 e. The molecule has 1 aromatic rings. The van der Waals surface area contributed by atoms with Gasteiger partial charge in [0.1, 0.15) is 11.6 Å². The molecule has 4 bridgehead atoms. The molecule has 4 fully saturated rings. The van der Waals surface area contributed by atoms with Gasteiger partial charge in [-0.2, -0.15) is 0 Å². The van der Waals surface area contributed by atoms with E-state index in [1.165, 1.54) is 24.8 Å². The lowest BCUT2D eigenvalue weighted by molar-refractivity contribution is -0.167. The Morgan fingerprint density at radius 2 is 1.96 bits per heavy atom. The highest BCUT2D eigenvalue weighted by molar-refractivity contribution is 5.49. The van der Waals surface area contributed by atoms with Crippen molar-refractivity contribution in [2.45, 2.75) is 77.0 Å². The quantitative estimate of drug-likeness (QED) is 0.787. The fraction of sp³-hybridized carbons (Fsp3) is 0.800. The van der Waals surface area contributed by atoms with Crippen molar-refractivity contribution in [3.05, 3.63) is 17.1 Å². The van der Waals surface area contributed by atoms with E-state index in [2.05, 4.69) is 22.5 Å². The molecule has 6 rings (SSSR count). The molecule has 1 aromatic heterocycles. The summed E-state index contributed by atoms with van der Waals surface area (Å²) in [6.45, 7) is 6.15. The van der Waals surface area contributed by atoms with Crippen LogP contribution in [-0.4, -0.2) is 33.3 Å².